The van der Waals surface area contributed by atoms with Crippen molar-refractivity contribution in [3.63, 3.8) is 0 Å². The van der Waals surface area contributed by atoms with Crippen LogP contribution >= 0.6 is 0 Å². The van der Waals surface area contributed by atoms with Gasteiger partial charge in [0.1, 0.15) is 12.4 Å². The fraction of sp³-hybridized carbons (Fsp3) is 0.571. The number of rotatable bonds is 6. The number of nitrogens with one attached hydrogen (secondary N) is 1. The van der Waals surface area contributed by atoms with Crippen LogP contribution in [0.5, 0.6) is 5.75 Å². The molecule has 0 saturated heterocycles. The van der Waals surface area contributed by atoms with E-state index in [4.69, 9.17) is 9.47 Å². The van der Waals surface area contributed by atoms with Crippen molar-refractivity contribution >= 4 is 0 Å². The van der Waals surface area contributed by atoms with Crippen LogP contribution < -0.4 is 10.1 Å². The maximum absolute atomic E-state index is 5.59. The van der Waals surface area contributed by atoms with Crippen LogP contribution in [-0.4, -0.2) is 25.9 Å². The lowest BCUT2D eigenvalue weighted by Crippen LogP contribution is -2.22. The molecule has 1 rings (SSSR count). The van der Waals surface area contributed by atoms with Gasteiger partial charge >= 0.3 is 0 Å². The maximum Gasteiger partial charge on any atom is 0.119 e. The third-order valence-corrected chi connectivity index (χ3v) is 2.19. The maximum atomic E-state index is 5.59. The van der Waals surface area contributed by atoms with Gasteiger partial charge in [-0.1, -0.05) is 12.1 Å². The highest BCUT2D eigenvalue weighted by atomic mass is 16.5. The normalized spacial score (nSPS) is 11.5. The molecule has 0 aromatic heterocycles. The van der Waals surface area contributed by atoms with E-state index in [2.05, 4.69) is 17.4 Å². The molecule has 1 N–H and O–H groups in total. The SMILES string of the molecule is CNCc1ccc(OCCOC(C)(C)C)cc1. The molecule has 1 aromatic carbocycles. The average molecular weight is 237 g/mol. The molecule has 0 radical (unpaired) electrons. The fourth-order valence-corrected chi connectivity index (χ4v) is 1.42. The second-order valence-corrected chi connectivity index (χ2v) is 4.98. The van der Waals surface area contributed by atoms with Gasteiger partial charge in [0.25, 0.3) is 0 Å². The summed E-state index contributed by atoms with van der Waals surface area (Å²) in [5.74, 6) is 0.891. The summed E-state index contributed by atoms with van der Waals surface area (Å²) >= 11 is 0. The topological polar surface area (TPSA) is 30.5 Å². The van der Waals surface area contributed by atoms with Crippen molar-refractivity contribution in [2.75, 3.05) is 20.3 Å². The van der Waals surface area contributed by atoms with E-state index in [1.165, 1.54) is 5.56 Å². The monoisotopic (exact) mass is 237 g/mol. The Kier molecular flexibility index (Phi) is 5.45. The van der Waals surface area contributed by atoms with Crippen LogP contribution in [0.1, 0.15) is 26.3 Å². The summed E-state index contributed by atoms with van der Waals surface area (Å²) < 4.78 is 11.2. The average Bonchev–Trinajstić information content (AvgIpc) is 2.26. The van der Waals surface area contributed by atoms with Gasteiger partial charge in [-0.25, -0.2) is 0 Å². The Morgan fingerprint density at radius 1 is 1.06 bits per heavy atom. The van der Waals surface area contributed by atoms with Crippen molar-refractivity contribution in [1.82, 2.24) is 5.32 Å². The smallest absolute Gasteiger partial charge is 0.119 e. The third kappa shape index (κ3) is 6.29. The predicted molar refractivity (Wildman–Crippen MR) is 70.4 cm³/mol. The molecule has 1 aromatic rings. The van der Waals surface area contributed by atoms with E-state index in [0.717, 1.165) is 12.3 Å². The van der Waals surface area contributed by atoms with Gasteiger partial charge in [0.05, 0.1) is 12.2 Å². The first-order valence-corrected chi connectivity index (χ1v) is 6.01. The number of ether oxygens (including phenoxy) is 2. The standard InChI is InChI=1S/C14H23NO2/c1-14(2,3)17-10-9-16-13-7-5-12(6-8-13)11-15-4/h5-8,15H,9-11H2,1-4H3. The molecule has 0 heterocycles. The van der Waals surface area contributed by atoms with Crippen molar-refractivity contribution in [1.29, 1.82) is 0 Å². The van der Waals surface area contributed by atoms with Gasteiger partial charge < -0.3 is 14.8 Å². The lowest BCUT2D eigenvalue weighted by Gasteiger charge is -2.19. The Bertz CT molecular complexity index is 314. The largest absolute Gasteiger partial charge is 0.491 e. The van der Waals surface area contributed by atoms with Gasteiger partial charge in [-0.05, 0) is 45.5 Å². The molecule has 0 amide bonds. The zero-order valence-electron chi connectivity index (χ0n) is 11.2. The fourth-order valence-electron chi connectivity index (χ4n) is 1.42. The van der Waals surface area contributed by atoms with Gasteiger partial charge in [0.15, 0.2) is 0 Å². The Balaban J connectivity index is 2.27. The first-order valence-electron chi connectivity index (χ1n) is 6.01. The van der Waals surface area contributed by atoms with Gasteiger partial charge in [-0.15, -0.1) is 0 Å². The van der Waals surface area contributed by atoms with E-state index in [9.17, 15) is 0 Å². The molecule has 0 bridgehead atoms. The van der Waals surface area contributed by atoms with E-state index in [1.54, 1.807) is 0 Å². The van der Waals surface area contributed by atoms with Crippen LogP contribution in [0.2, 0.25) is 0 Å². The highest BCUT2D eigenvalue weighted by molar-refractivity contribution is 5.27. The molecule has 3 nitrogen and oxygen atoms in total. The summed E-state index contributed by atoms with van der Waals surface area (Å²) in [6.45, 7) is 8.20. The molecule has 17 heavy (non-hydrogen) atoms. The minimum absolute atomic E-state index is 0.0972. The summed E-state index contributed by atoms with van der Waals surface area (Å²) in [6, 6.07) is 8.11. The minimum atomic E-state index is -0.0972. The van der Waals surface area contributed by atoms with Gasteiger partial charge in [0, 0.05) is 6.54 Å². The van der Waals surface area contributed by atoms with E-state index in [0.29, 0.717) is 13.2 Å². The molecule has 0 aliphatic heterocycles. The molecule has 0 atom stereocenters. The molecule has 3 heteroatoms. The summed E-state index contributed by atoms with van der Waals surface area (Å²) in [7, 11) is 1.94. The molecule has 96 valence electrons. The minimum Gasteiger partial charge on any atom is -0.491 e. The number of benzene rings is 1. The second-order valence-electron chi connectivity index (χ2n) is 4.98. The Morgan fingerprint density at radius 3 is 2.24 bits per heavy atom. The molecule has 0 aliphatic carbocycles. The number of hydrogen-bond donors (Lipinski definition) is 1. The van der Waals surface area contributed by atoms with Gasteiger partial charge in [-0.3, -0.25) is 0 Å². The second kappa shape index (κ2) is 6.62. The van der Waals surface area contributed by atoms with Crippen molar-refractivity contribution in [2.45, 2.75) is 32.9 Å². The van der Waals surface area contributed by atoms with Crippen LogP contribution in [0.25, 0.3) is 0 Å². The summed E-state index contributed by atoms with van der Waals surface area (Å²) in [6.07, 6.45) is 0. The van der Waals surface area contributed by atoms with Gasteiger partial charge in [0.2, 0.25) is 0 Å². The molecular weight excluding hydrogens is 214 g/mol. The van der Waals surface area contributed by atoms with Crippen LogP contribution in [0.4, 0.5) is 0 Å². The molecular formula is C14H23NO2. The van der Waals surface area contributed by atoms with E-state index in [1.807, 2.05) is 40.0 Å². The summed E-state index contributed by atoms with van der Waals surface area (Å²) in [5, 5.41) is 3.11. The lowest BCUT2D eigenvalue weighted by atomic mass is 10.2. The molecule has 0 fully saturated rings. The zero-order valence-corrected chi connectivity index (χ0v) is 11.2. The third-order valence-electron chi connectivity index (χ3n) is 2.19. The molecule has 0 saturated carbocycles. The lowest BCUT2D eigenvalue weighted by molar-refractivity contribution is -0.0163. The highest BCUT2D eigenvalue weighted by Gasteiger charge is 2.09. The summed E-state index contributed by atoms with van der Waals surface area (Å²) in [5.41, 5.74) is 1.16. The Labute approximate surface area is 104 Å². The first-order chi connectivity index (χ1) is 8.01. The van der Waals surface area contributed by atoms with E-state index < -0.39 is 0 Å². The quantitative estimate of drug-likeness (QED) is 0.771. The molecule has 0 spiro atoms. The van der Waals surface area contributed by atoms with E-state index >= 15 is 0 Å². The van der Waals surface area contributed by atoms with Crippen molar-refractivity contribution in [3.05, 3.63) is 29.8 Å². The Morgan fingerprint density at radius 2 is 1.71 bits per heavy atom. The van der Waals surface area contributed by atoms with Crippen LogP contribution in [0.15, 0.2) is 24.3 Å². The highest BCUT2D eigenvalue weighted by Crippen LogP contribution is 2.12. The van der Waals surface area contributed by atoms with Gasteiger partial charge in [-0.2, -0.15) is 0 Å². The van der Waals surface area contributed by atoms with E-state index in [-0.39, 0.29) is 5.60 Å². The van der Waals surface area contributed by atoms with Crippen LogP contribution in [0, 0.1) is 0 Å². The van der Waals surface area contributed by atoms with Crippen molar-refractivity contribution < 1.29 is 9.47 Å². The van der Waals surface area contributed by atoms with Crippen molar-refractivity contribution in [2.24, 2.45) is 0 Å². The Hall–Kier alpha value is -1.06. The van der Waals surface area contributed by atoms with Crippen LogP contribution in [0.3, 0.4) is 0 Å². The number of hydrogen-bond acceptors (Lipinski definition) is 3. The molecule has 0 aliphatic rings. The van der Waals surface area contributed by atoms with Crippen molar-refractivity contribution in [3.8, 4) is 5.75 Å². The zero-order chi connectivity index (χ0) is 12.7. The van der Waals surface area contributed by atoms with Crippen LogP contribution in [-0.2, 0) is 11.3 Å². The predicted octanol–water partition coefficient (Wildman–Crippen LogP) is 2.60. The summed E-state index contributed by atoms with van der Waals surface area (Å²) in [4.78, 5) is 0. The first kappa shape index (κ1) is 14.0. The molecule has 0 unspecified atom stereocenters.